The lowest BCUT2D eigenvalue weighted by Gasteiger charge is -2.04. The van der Waals surface area contributed by atoms with Crippen LogP contribution in [0.2, 0.25) is 0 Å². The molecule has 2 N–H and O–H groups in total. The average Bonchev–Trinajstić information content (AvgIpc) is 3.00. The molecule has 0 fully saturated rings. The second-order valence-corrected chi connectivity index (χ2v) is 6.34. The van der Waals surface area contributed by atoms with Crippen LogP contribution in [-0.2, 0) is 18.3 Å². The number of halogens is 1. The predicted molar refractivity (Wildman–Crippen MR) is 91.2 cm³/mol. The highest BCUT2D eigenvalue weighted by molar-refractivity contribution is 9.10. The molecular formula is C15H17BrN6O. The lowest BCUT2D eigenvalue weighted by Crippen LogP contribution is -2.14. The van der Waals surface area contributed by atoms with Crippen molar-refractivity contribution in [2.24, 2.45) is 7.05 Å². The summed E-state index contributed by atoms with van der Waals surface area (Å²) in [5, 5.41) is 7.22. The molecule has 0 spiro atoms. The summed E-state index contributed by atoms with van der Waals surface area (Å²) in [6, 6.07) is 1.92. The van der Waals surface area contributed by atoms with Gasteiger partial charge in [-0.3, -0.25) is 9.48 Å². The molecule has 0 aromatic carbocycles. The summed E-state index contributed by atoms with van der Waals surface area (Å²) in [4.78, 5) is 23.9. The molecule has 0 saturated heterocycles. The average molecular weight is 377 g/mol. The first-order valence-electron chi connectivity index (χ1n) is 7.24. The zero-order chi connectivity index (χ0) is 16.6. The Labute approximate surface area is 141 Å². The lowest BCUT2D eigenvalue weighted by molar-refractivity contribution is -0.116. The van der Waals surface area contributed by atoms with E-state index in [2.05, 4.69) is 41.3 Å². The number of aryl methyl sites for hydroxylation is 3. The minimum Gasteiger partial charge on any atom is -0.341 e. The van der Waals surface area contributed by atoms with Crippen LogP contribution in [0.15, 0.2) is 16.7 Å². The Morgan fingerprint density at radius 3 is 2.91 bits per heavy atom. The monoisotopic (exact) mass is 376 g/mol. The van der Waals surface area contributed by atoms with Crippen molar-refractivity contribution in [3.63, 3.8) is 0 Å². The largest absolute Gasteiger partial charge is 0.341 e. The first-order chi connectivity index (χ1) is 10.9. The van der Waals surface area contributed by atoms with Crippen LogP contribution in [0.4, 0.5) is 5.69 Å². The Bertz CT molecular complexity index is 882. The van der Waals surface area contributed by atoms with Gasteiger partial charge in [-0.2, -0.15) is 5.10 Å². The highest BCUT2D eigenvalue weighted by atomic mass is 79.9. The van der Waals surface area contributed by atoms with Gasteiger partial charge in [-0.15, -0.1) is 0 Å². The molecule has 0 saturated carbocycles. The summed E-state index contributed by atoms with van der Waals surface area (Å²) in [6.45, 7) is 3.81. The topological polar surface area (TPSA) is 88.5 Å². The van der Waals surface area contributed by atoms with Gasteiger partial charge in [0.2, 0.25) is 5.91 Å². The van der Waals surface area contributed by atoms with Gasteiger partial charge in [0.1, 0.15) is 5.82 Å². The third-order valence-electron chi connectivity index (χ3n) is 3.72. The Balaban J connectivity index is 1.66. The van der Waals surface area contributed by atoms with Gasteiger partial charge in [-0.25, -0.2) is 9.97 Å². The maximum atomic E-state index is 12.2. The first kappa shape index (κ1) is 15.7. The zero-order valence-corrected chi connectivity index (χ0v) is 14.7. The maximum absolute atomic E-state index is 12.2. The van der Waals surface area contributed by atoms with Crippen molar-refractivity contribution in [2.75, 3.05) is 5.32 Å². The number of hydrogen-bond donors (Lipinski definition) is 2. The number of nitrogens with zero attached hydrogens (tertiary/aromatic N) is 4. The van der Waals surface area contributed by atoms with E-state index in [9.17, 15) is 4.79 Å². The fourth-order valence-corrected chi connectivity index (χ4v) is 2.76. The highest BCUT2D eigenvalue weighted by Gasteiger charge is 2.13. The van der Waals surface area contributed by atoms with Crippen LogP contribution < -0.4 is 5.32 Å². The molecule has 0 aliphatic rings. The van der Waals surface area contributed by atoms with E-state index in [1.807, 2.05) is 27.0 Å². The van der Waals surface area contributed by atoms with E-state index in [1.165, 1.54) is 0 Å². The summed E-state index contributed by atoms with van der Waals surface area (Å²) >= 11 is 3.37. The summed E-state index contributed by atoms with van der Waals surface area (Å²) in [5.74, 6) is 0.694. The number of anilines is 1. The molecule has 0 bridgehead atoms. The number of carbonyl (C=O) groups excluding carboxylic acids is 1. The fraction of sp³-hybridized carbons (Fsp3) is 0.333. The Morgan fingerprint density at radius 2 is 2.22 bits per heavy atom. The van der Waals surface area contributed by atoms with Gasteiger partial charge >= 0.3 is 0 Å². The quantitative estimate of drug-likeness (QED) is 0.732. The number of pyridine rings is 1. The molecule has 0 atom stereocenters. The fourth-order valence-electron chi connectivity index (χ4n) is 2.43. The lowest BCUT2D eigenvalue weighted by atomic mass is 10.2. The molecule has 0 unspecified atom stereocenters. The van der Waals surface area contributed by atoms with E-state index in [1.54, 1.807) is 10.9 Å². The Hall–Kier alpha value is -2.22. The van der Waals surface area contributed by atoms with Crippen LogP contribution in [-0.4, -0.2) is 30.6 Å². The molecule has 7 nitrogen and oxygen atoms in total. The molecule has 8 heteroatoms. The van der Waals surface area contributed by atoms with Crippen molar-refractivity contribution in [1.82, 2.24) is 24.7 Å². The van der Waals surface area contributed by atoms with E-state index in [0.29, 0.717) is 18.5 Å². The summed E-state index contributed by atoms with van der Waals surface area (Å²) in [7, 11) is 1.86. The molecule has 3 aromatic heterocycles. The minimum atomic E-state index is -0.0567. The van der Waals surface area contributed by atoms with Crippen molar-refractivity contribution in [1.29, 1.82) is 0 Å². The van der Waals surface area contributed by atoms with E-state index in [-0.39, 0.29) is 5.91 Å². The van der Waals surface area contributed by atoms with Crippen LogP contribution in [0.3, 0.4) is 0 Å². The number of imidazole rings is 1. The summed E-state index contributed by atoms with van der Waals surface area (Å²) in [6.07, 6.45) is 2.57. The number of aromatic amines is 1. The number of fused-ring (bicyclic) bond motifs is 1. The van der Waals surface area contributed by atoms with Gasteiger partial charge in [0.05, 0.1) is 22.6 Å². The number of carbonyl (C=O) groups is 1. The van der Waals surface area contributed by atoms with Crippen molar-refractivity contribution in [3.8, 4) is 0 Å². The number of amides is 1. The zero-order valence-electron chi connectivity index (χ0n) is 13.1. The van der Waals surface area contributed by atoms with Gasteiger partial charge < -0.3 is 10.3 Å². The minimum absolute atomic E-state index is 0.0567. The molecule has 0 aliphatic carbocycles. The summed E-state index contributed by atoms with van der Waals surface area (Å²) < 4.78 is 2.65. The van der Waals surface area contributed by atoms with Crippen molar-refractivity contribution in [3.05, 3.63) is 33.9 Å². The molecule has 3 rings (SSSR count). The van der Waals surface area contributed by atoms with Crippen LogP contribution in [0.25, 0.3) is 11.2 Å². The number of rotatable bonds is 4. The van der Waals surface area contributed by atoms with Gasteiger partial charge in [0.25, 0.3) is 0 Å². The van der Waals surface area contributed by atoms with E-state index >= 15 is 0 Å². The molecule has 0 radical (unpaired) electrons. The standard InChI is InChI=1S/C15H17BrN6O/c1-8-14(9(2)22(3)21-8)20-13(23)5-4-12-18-11-6-10(16)7-17-15(11)19-12/h6-7H,4-5H2,1-3H3,(H,20,23)(H,17,18,19). The number of hydrogen-bond acceptors (Lipinski definition) is 4. The second-order valence-electron chi connectivity index (χ2n) is 5.43. The normalized spacial score (nSPS) is 11.1. The van der Waals surface area contributed by atoms with Gasteiger partial charge in [-0.1, -0.05) is 0 Å². The van der Waals surface area contributed by atoms with Crippen molar-refractivity contribution in [2.45, 2.75) is 26.7 Å². The SMILES string of the molecule is Cc1nn(C)c(C)c1NC(=O)CCc1nc2ncc(Br)cc2[nH]1. The Kier molecular flexibility index (Phi) is 4.16. The smallest absolute Gasteiger partial charge is 0.224 e. The van der Waals surface area contributed by atoms with E-state index in [0.717, 1.165) is 32.9 Å². The number of aromatic nitrogens is 5. The maximum Gasteiger partial charge on any atom is 0.224 e. The molecule has 120 valence electrons. The highest BCUT2D eigenvalue weighted by Crippen LogP contribution is 2.19. The third-order valence-corrected chi connectivity index (χ3v) is 4.15. The second kappa shape index (κ2) is 6.11. The van der Waals surface area contributed by atoms with Crippen molar-refractivity contribution < 1.29 is 4.79 Å². The molecular weight excluding hydrogens is 360 g/mol. The van der Waals surface area contributed by atoms with Crippen LogP contribution >= 0.6 is 15.9 Å². The third kappa shape index (κ3) is 3.26. The molecule has 0 aliphatic heterocycles. The van der Waals surface area contributed by atoms with Crippen LogP contribution in [0.1, 0.15) is 23.6 Å². The summed E-state index contributed by atoms with van der Waals surface area (Å²) in [5.41, 5.74) is 4.05. The number of nitrogens with one attached hydrogen (secondary N) is 2. The van der Waals surface area contributed by atoms with Crippen LogP contribution in [0.5, 0.6) is 0 Å². The van der Waals surface area contributed by atoms with Gasteiger partial charge in [0.15, 0.2) is 5.65 Å². The van der Waals surface area contributed by atoms with Gasteiger partial charge in [-0.05, 0) is 35.8 Å². The molecule has 1 amide bonds. The molecule has 3 heterocycles. The Morgan fingerprint density at radius 1 is 1.43 bits per heavy atom. The van der Waals surface area contributed by atoms with E-state index < -0.39 is 0 Å². The van der Waals surface area contributed by atoms with E-state index in [4.69, 9.17) is 0 Å². The first-order valence-corrected chi connectivity index (χ1v) is 8.03. The number of H-pyrrole nitrogens is 1. The molecule has 23 heavy (non-hydrogen) atoms. The van der Waals surface area contributed by atoms with Gasteiger partial charge in [0, 0.05) is 30.6 Å². The van der Waals surface area contributed by atoms with Crippen molar-refractivity contribution >= 4 is 38.7 Å². The molecule has 3 aromatic rings. The van der Waals surface area contributed by atoms with Crippen LogP contribution in [0, 0.1) is 13.8 Å². The predicted octanol–water partition coefficient (Wildman–Crippen LogP) is 2.64.